The molecule has 50 heavy (non-hydrogen) atoms. The first-order valence-corrected chi connectivity index (χ1v) is 18.9. The molecular formula is C40H55N5O5. The lowest BCUT2D eigenvalue weighted by molar-refractivity contribution is -0.133. The topological polar surface area (TPSA) is 125 Å². The van der Waals surface area contributed by atoms with Crippen molar-refractivity contribution in [3.63, 3.8) is 0 Å². The summed E-state index contributed by atoms with van der Waals surface area (Å²) in [5.74, 6) is 0.149. The van der Waals surface area contributed by atoms with Gasteiger partial charge in [0, 0.05) is 49.8 Å². The van der Waals surface area contributed by atoms with Crippen LogP contribution in [0.5, 0.6) is 0 Å². The highest BCUT2D eigenvalue weighted by atomic mass is 16.5. The highest BCUT2D eigenvalue weighted by Gasteiger charge is 2.44. The van der Waals surface area contributed by atoms with Gasteiger partial charge in [-0.3, -0.25) is 14.4 Å². The average molecular weight is 686 g/mol. The molecule has 1 aliphatic carbocycles. The van der Waals surface area contributed by atoms with Crippen molar-refractivity contribution in [2.45, 2.75) is 95.7 Å². The van der Waals surface area contributed by atoms with E-state index in [1.165, 1.54) is 0 Å². The fourth-order valence-corrected chi connectivity index (χ4v) is 8.19. The van der Waals surface area contributed by atoms with Gasteiger partial charge in [-0.2, -0.15) is 0 Å². The van der Waals surface area contributed by atoms with Crippen molar-refractivity contribution in [3.8, 4) is 0 Å². The number of piperidine rings is 1. The van der Waals surface area contributed by atoms with Crippen molar-refractivity contribution in [1.29, 1.82) is 0 Å². The molecule has 0 radical (unpaired) electrons. The van der Waals surface area contributed by atoms with Crippen LogP contribution in [-0.2, 0) is 20.7 Å². The number of hydrogen-bond acceptors (Lipinski definition) is 7. The van der Waals surface area contributed by atoms with Crippen molar-refractivity contribution in [2.75, 3.05) is 44.3 Å². The van der Waals surface area contributed by atoms with E-state index in [2.05, 4.69) is 40.0 Å². The van der Waals surface area contributed by atoms with Gasteiger partial charge in [0.15, 0.2) is 5.76 Å². The Kier molecular flexibility index (Phi) is 12.1. The number of carbonyl (C=O) groups is 3. The molecule has 10 nitrogen and oxygen atoms in total. The molecule has 1 aromatic heterocycles. The Morgan fingerprint density at radius 1 is 0.920 bits per heavy atom. The molecule has 0 spiro atoms. The summed E-state index contributed by atoms with van der Waals surface area (Å²) in [5.41, 5.74) is 1.53. The monoisotopic (exact) mass is 685 g/mol. The first kappa shape index (κ1) is 35.9. The van der Waals surface area contributed by atoms with Gasteiger partial charge >= 0.3 is 0 Å². The number of anilines is 1. The van der Waals surface area contributed by atoms with E-state index in [9.17, 15) is 14.4 Å². The number of hydrogen-bond donors (Lipinski definition) is 4. The number of furan rings is 1. The summed E-state index contributed by atoms with van der Waals surface area (Å²) in [6.45, 7) is 9.40. The maximum absolute atomic E-state index is 14.3. The standard InChI is InChI=1S/C40H55N5O5/c1-3-45(4-2)32-12-13-35-31(26-32)27-36(50-35)38(47)44-40(18-8-9-19-40)39(48)43-34(25-28-10-6-5-7-11-28)37(46)42-33(30-14-20-41-21-15-30)24-29-16-22-49-23-17-29/h5-7,10-13,26-27,29-30,33-34,41H,3-4,8-9,14-25H2,1-2H3,(H,42,46)(H,43,48)(H,44,47)/t33-,34?/m1/s1. The lowest BCUT2D eigenvalue weighted by atomic mass is 9.82. The van der Waals surface area contributed by atoms with Gasteiger partial charge in [0.05, 0.1) is 0 Å². The normalized spacial score (nSPS) is 19.5. The van der Waals surface area contributed by atoms with Crippen molar-refractivity contribution in [1.82, 2.24) is 21.3 Å². The molecule has 6 rings (SSSR count). The third-order valence-corrected chi connectivity index (χ3v) is 11.2. The van der Waals surface area contributed by atoms with Gasteiger partial charge in [-0.15, -0.1) is 0 Å². The summed E-state index contributed by atoms with van der Waals surface area (Å²) in [4.78, 5) is 44.6. The number of benzene rings is 2. The van der Waals surface area contributed by atoms with Crippen LogP contribution in [0.25, 0.3) is 11.0 Å². The maximum atomic E-state index is 14.3. The lowest BCUT2D eigenvalue weighted by Crippen LogP contribution is -2.62. The van der Waals surface area contributed by atoms with E-state index in [-0.39, 0.29) is 23.6 Å². The molecule has 3 heterocycles. The average Bonchev–Trinajstić information content (AvgIpc) is 3.81. The SMILES string of the molecule is CCN(CC)c1ccc2oc(C(=O)NC3(C(=O)NC(Cc4ccccc4)C(=O)N[C@H](CC4CCOCC4)C4CCNCC4)CCCC3)cc2c1. The molecule has 270 valence electrons. The number of carbonyl (C=O) groups excluding carboxylic acids is 3. The van der Waals surface area contributed by atoms with Crippen LogP contribution >= 0.6 is 0 Å². The third kappa shape index (κ3) is 8.69. The molecule has 2 aromatic carbocycles. The van der Waals surface area contributed by atoms with Crippen LogP contribution in [0.4, 0.5) is 5.69 Å². The minimum atomic E-state index is -1.13. The van der Waals surface area contributed by atoms with Crippen molar-refractivity contribution < 1.29 is 23.5 Å². The lowest BCUT2D eigenvalue weighted by Gasteiger charge is -2.36. The van der Waals surface area contributed by atoms with E-state index >= 15 is 0 Å². The summed E-state index contributed by atoms with van der Waals surface area (Å²) < 4.78 is 11.6. The van der Waals surface area contributed by atoms with Crippen molar-refractivity contribution in [2.24, 2.45) is 11.8 Å². The zero-order valence-corrected chi connectivity index (χ0v) is 29.8. The van der Waals surface area contributed by atoms with Crippen LogP contribution in [0, 0.1) is 11.8 Å². The number of nitrogens with one attached hydrogen (secondary N) is 4. The third-order valence-electron chi connectivity index (χ3n) is 11.2. The van der Waals surface area contributed by atoms with Gasteiger partial charge in [-0.05, 0) is 114 Å². The highest BCUT2D eigenvalue weighted by molar-refractivity contribution is 6.01. The van der Waals surface area contributed by atoms with E-state index in [0.717, 1.165) is 101 Å². The fraction of sp³-hybridized carbons (Fsp3) is 0.575. The van der Waals surface area contributed by atoms with Crippen LogP contribution in [-0.4, -0.2) is 74.7 Å². The first-order valence-electron chi connectivity index (χ1n) is 18.9. The molecule has 0 bridgehead atoms. The Balaban J connectivity index is 1.20. The number of fused-ring (bicyclic) bond motifs is 1. The van der Waals surface area contributed by atoms with Gasteiger partial charge in [0.2, 0.25) is 11.8 Å². The predicted molar refractivity (Wildman–Crippen MR) is 196 cm³/mol. The summed E-state index contributed by atoms with van der Waals surface area (Å²) >= 11 is 0. The van der Waals surface area contributed by atoms with Gasteiger partial charge in [0.1, 0.15) is 17.2 Å². The fourth-order valence-electron chi connectivity index (χ4n) is 8.19. The molecule has 10 heteroatoms. The minimum absolute atomic E-state index is 0.0263. The number of amides is 3. The molecule has 4 N–H and O–H groups in total. The molecule has 3 aromatic rings. The first-order chi connectivity index (χ1) is 24.4. The Morgan fingerprint density at radius 3 is 2.34 bits per heavy atom. The van der Waals surface area contributed by atoms with Gasteiger partial charge in [-0.1, -0.05) is 43.2 Å². The molecule has 2 aliphatic heterocycles. The second-order valence-electron chi connectivity index (χ2n) is 14.5. The van der Waals surface area contributed by atoms with E-state index < -0.39 is 17.5 Å². The quantitative estimate of drug-likeness (QED) is 0.180. The van der Waals surface area contributed by atoms with Gasteiger partial charge < -0.3 is 35.3 Å². The Morgan fingerprint density at radius 2 is 1.64 bits per heavy atom. The van der Waals surface area contributed by atoms with E-state index in [1.54, 1.807) is 6.07 Å². The summed E-state index contributed by atoms with van der Waals surface area (Å²) in [7, 11) is 0. The second-order valence-corrected chi connectivity index (χ2v) is 14.5. The number of nitrogens with zero attached hydrogens (tertiary/aromatic N) is 1. The van der Waals surface area contributed by atoms with Crippen molar-refractivity contribution in [3.05, 3.63) is 65.9 Å². The van der Waals surface area contributed by atoms with Crippen LogP contribution in [0.3, 0.4) is 0 Å². The number of ether oxygens (including phenoxy) is 1. The Labute approximate surface area is 296 Å². The largest absolute Gasteiger partial charge is 0.451 e. The van der Waals surface area contributed by atoms with E-state index in [1.807, 2.05) is 48.5 Å². The predicted octanol–water partition coefficient (Wildman–Crippen LogP) is 5.35. The second kappa shape index (κ2) is 16.9. The van der Waals surface area contributed by atoms with Crippen molar-refractivity contribution >= 4 is 34.4 Å². The minimum Gasteiger partial charge on any atom is -0.451 e. The maximum Gasteiger partial charge on any atom is 0.287 e. The molecular weight excluding hydrogens is 630 g/mol. The summed E-state index contributed by atoms with van der Waals surface area (Å²) in [6, 6.07) is 16.7. The Hall–Kier alpha value is -3.89. The molecule has 3 aliphatic rings. The smallest absolute Gasteiger partial charge is 0.287 e. The summed E-state index contributed by atoms with van der Waals surface area (Å²) in [5, 5.41) is 14.0. The zero-order chi connectivity index (χ0) is 34.9. The molecule has 1 unspecified atom stereocenters. The van der Waals surface area contributed by atoms with Crippen LogP contribution in [0.2, 0.25) is 0 Å². The molecule has 2 atom stereocenters. The van der Waals surface area contributed by atoms with Gasteiger partial charge in [-0.25, -0.2) is 0 Å². The molecule has 3 fully saturated rings. The molecule has 2 saturated heterocycles. The zero-order valence-electron chi connectivity index (χ0n) is 29.8. The highest BCUT2D eigenvalue weighted by Crippen LogP contribution is 2.32. The van der Waals surface area contributed by atoms with Crippen LogP contribution in [0.1, 0.15) is 87.8 Å². The van der Waals surface area contributed by atoms with E-state index in [4.69, 9.17) is 9.15 Å². The van der Waals surface area contributed by atoms with Gasteiger partial charge in [0.25, 0.3) is 5.91 Å². The number of rotatable bonds is 14. The van der Waals surface area contributed by atoms with Crippen LogP contribution < -0.4 is 26.2 Å². The molecule has 1 saturated carbocycles. The molecule has 3 amide bonds. The summed E-state index contributed by atoms with van der Waals surface area (Å²) in [6.07, 6.45) is 7.92. The van der Waals surface area contributed by atoms with Crippen LogP contribution in [0.15, 0.2) is 59.0 Å². The van der Waals surface area contributed by atoms with E-state index in [0.29, 0.717) is 36.7 Å². The Bertz CT molecular complexity index is 1570.